The molecule has 1 aromatic carbocycles. The first kappa shape index (κ1) is 22.1. The maximum Gasteiger partial charge on any atom is 0.337 e. The number of nitrogens with zero attached hydrogens (tertiary/aromatic N) is 2. The first-order valence-electron chi connectivity index (χ1n) is 9.90. The van der Waals surface area contributed by atoms with Crippen molar-refractivity contribution in [3.63, 3.8) is 0 Å². The van der Waals surface area contributed by atoms with Gasteiger partial charge in [0.15, 0.2) is 11.6 Å². The largest absolute Gasteiger partial charge is 0.337 e. The molecule has 2 aromatic rings. The van der Waals surface area contributed by atoms with E-state index in [0.717, 1.165) is 42.4 Å². The van der Waals surface area contributed by atoms with Gasteiger partial charge in [-0.2, -0.15) is 0 Å². The number of benzene rings is 1. The van der Waals surface area contributed by atoms with Gasteiger partial charge < -0.3 is 4.79 Å². The van der Waals surface area contributed by atoms with E-state index in [4.69, 9.17) is 0 Å². The van der Waals surface area contributed by atoms with Gasteiger partial charge >= 0.3 is 11.2 Å². The van der Waals surface area contributed by atoms with Crippen molar-refractivity contribution in [3.8, 4) is 11.1 Å². The SMILES string of the molecule is CCCCCCCc1c(-c2ccc(F)c(F)c2)c2n(c(=O)c1[N+](=O)[O-])[C@H](C=O)CS2. The molecule has 0 radical (unpaired) electrons. The number of thioether (sulfide) groups is 1. The van der Waals surface area contributed by atoms with E-state index in [0.29, 0.717) is 23.3 Å². The van der Waals surface area contributed by atoms with Crippen molar-refractivity contribution in [3.05, 3.63) is 55.9 Å². The highest BCUT2D eigenvalue weighted by atomic mass is 32.2. The van der Waals surface area contributed by atoms with Gasteiger partial charge in [-0.15, -0.1) is 11.8 Å². The lowest BCUT2D eigenvalue weighted by atomic mass is 9.95. The molecule has 0 N–H and O–H groups in total. The summed E-state index contributed by atoms with van der Waals surface area (Å²) < 4.78 is 28.6. The van der Waals surface area contributed by atoms with Gasteiger partial charge in [-0.3, -0.25) is 19.5 Å². The monoisotopic (exact) mass is 436 g/mol. The fraction of sp³-hybridized carbons (Fsp3) is 0.429. The van der Waals surface area contributed by atoms with Gasteiger partial charge in [0.2, 0.25) is 0 Å². The second kappa shape index (κ2) is 9.51. The van der Waals surface area contributed by atoms with Crippen molar-refractivity contribution >= 4 is 23.7 Å². The Morgan fingerprint density at radius 2 is 1.97 bits per heavy atom. The zero-order valence-electron chi connectivity index (χ0n) is 16.5. The molecule has 1 aliphatic heterocycles. The fourth-order valence-electron chi connectivity index (χ4n) is 3.77. The zero-order chi connectivity index (χ0) is 21.8. The van der Waals surface area contributed by atoms with E-state index < -0.39 is 33.8 Å². The molecular weight excluding hydrogens is 414 g/mol. The van der Waals surface area contributed by atoms with Crippen LogP contribution in [0.2, 0.25) is 0 Å². The lowest BCUT2D eigenvalue weighted by molar-refractivity contribution is -0.387. The molecule has 6 nitrogen and oxygen atoms in total. The summed E-state index contributed by atoms with van der Waals surface area (Å²) in [5.74, 6) is -1.85. The summed E-state index contributed by atoms with van der Waals surface area (Å²) in [4.78, 5) is 35.5. The second-order valence-corrected chi connectivity index (χ2v) is 8.26. The molecule has 0 unspecified atom stereocenters. The molecule has 3 rings (SSSR count). The van der Waals surface area contributed by atoms with E-state index in [2.05, 4.69) is 6.92 Å². The minimum Gasteiger partial charge on any atom is -0.301 e. The van der Waals surface area contributed by atoms with Crippen molar-refractivity contribution < 1.29 is 18.5 Å². The van der Waals surface area contributed by atoms with Crippen molar-refractivity contribution in [1.29, 1.82) is 0 Å². The van der Waals surface area contributed by atoms with Crippen LogP contribution in [0.15, 0.2) is 28.0 Å². The number of carbonyl (C=O) groups excluding carboxylic acids is 1. The van der Waals surface area contributed by atoms with E-state index >= 15 is 0 Å². The maximum atomic E-state index is 14.0. The number of pyridine rings is 1. The molecule has 0 aliphatic carbocycles. The number of aromatic nitrogens is 1. The molecule has 9 heteroatoms. The highest BCUT2D eigenvalue weighted by Crippen LogP contribution is 2.43. The predicted octanol–water partition coefficient (Wildman–Crippen LogP) is 5.06. The van der Waals surface area contributed by atoms with Gasteiger partial charge in [-0.25, -0.2) is 8.78 Å². The second-order valence-electron chi connectivity index (χ2n) is 7.25. The fourth-order valence-corrected chi connectivity index (χ4v) is 5.07. The molecule has 0 amide bonds. The van der Waals surface area contributed by atoms with Crippen LogP contribution in [0.4, 0.5) is 14.5 Å². The maximum absolute atomic E-state index is 14.0. The normalized spacial score (nSPS) is 15.2. The van der Waals surface area contributed by atoms with Crippen LogP contribution in [-0.4, -0.2) is 21.5 Å². The Labute approximate surface area is 176 Å². The molecular formula is C21H22F2N2O4S. The van der Waals surface area contributed by atoms with Gasteiger partial charge in [0.05, 0.1) is 9.95 Å². The molecule has 1 aromatic heterocycles. The Morgan fingerprint density at radius 3 is 2.60 bits per heavy atom. The molecule has 0 saturated heterocycles. The highest BCUT2D eigenvalue weighted by Gasteiger charge is 2.35. The highest BCUT2D eigenvalue weighted by molar-refractivity contribution is 7.99. The molecule has 30 heavy (non-hydrogen) atoms. The van der Waals surface area contributed by atoms with Crippen LogP contribution >= 0.6 is 11.8 Å². The third-order valence-corrected chi connectivity index (χ3v) is 6.42. The quantitative estimate of drug-likeness (QED) is 0.237. The van der Waals surface area contributed by atoms with Crippen LogP contribution in [0.25, 0.3) is 11.1 Å². The topological polar surface area (TPSA) is 82.2 Å². The Morgan fingerprint density at radius 1 is 1.23 bits per heavy atom. The Hall–Kier alpha value is -2.55. The minimum absolute atomic E-state index is 0.220. The number of aldehydes is 1. The number of carbonyl (C=O) groups is 1. The Bertz CT molecular complexity index is 1040. The summed E-state index contributed by atoms with van der Waals surface area (Å²) >= 11 is 1.22. The van der Waals surface area contributed by atoms with Gasteiger partial charge in [0, 0.05) is 16.9 Å². The number of unbranched alkanes of at least 4 members (excludes halogenated alkanes) is 4. The molecule has 1 aliphatic rings. The van der Waals surface area contributed by atoms with E-state index in [-0.39, 0.29) is 23.3 Å². The summed E-state index contributed by atoms with van der Waals surface area (Å²) in [5.41, 5.74) is -0.610. The smallest absolute Gasteiger partial charge is 0.301 e. The molecule has 0 spiro atoms. The van der Waals surface area contributed by atoms with Crippen LogP contribution < -0.4 is 5.56 Å². The summed E-state index contributed by atoms with van der Waals surface area (Å²) in [7, 11) is 0. The van der Waals surface area contributed by atoms with Crippen molar-refractivity contribution in [2.75, 3.05) is 5.75 Å². The van der Waals surface area contributed by atoms with E-state index in [9.17, 15) is 28.5 Å². The molecule has 1 atom stereocenters. The van der Waals surface area contributed by atoms with Crippen LogP contribution in [0.5, 0.6) is 0 Å². The standard InChI is InChI=1S/C21H22F2N2O4S/c1-2-3-4-5-6-7-15-18(13-8-9-16(22)17(23)10-13)21-24(14(11-26)12-30-21)20(27)19(15)25(28)29/h8-11,14H,2-7,12H2,1H3/t14-/m1/s1. The van der Waals surface area contributed by atoms with Gasteiger partial charge in [-0.1, -0.05) is 38.7 Å². The minimum atomic E-state index is -1.08. The molecule has 0 bridgehead atoms. The third kappa shape index (κ3) is 4.16. The van der Waals surface area contributed by atoms with E-state index in [1.54, 1.807) is 0 Å². The number of halogens is 2. The lowest BCUT2D eigenvalue weighted by Crippen LogP contribution is -2.28. The van der Waals surface area contributed by atoms with Crippen LogP contribution in [0, 0.1) is 21.7 Å². The number of nitro groups is 1. The van der Waals surface area contributed by atoms with Crippen molar-refractivity contribution in [2.45, 2.75) is 56.5 Å². The zero-order valence-corrected chi connectivity index (χ0v) is 17.3. The average Bonchev–Trinajstić information content (AvgIpc) is 3.14. The summed E-state index contributed by atoms with van der Waals surface area (Å²) in [5, 5.41) is 12.2. The number of rotatable bonds is 9. The Balaban J connectivity index is 2.23. The number of fused-ring (bicyclic) bond motifs is 1. The van der Waals surface area contributed by atoms with E-state index in [1.165, 1.54) is 17.8 Å². The molecule has 0 saturated carbocycles. The Kier molecular flexibility index (Phi) is 7.02. The lowest BCUT2D eigenvalue weighted by Gasteiger charge is -2.17. The van der Waals surface area contributed by atoms with Crippen molar-refractivity contribution in [1.82, 2.24) is 4.57 Å². The predicted molar refractivity (Wildman–Crippen MR) is 111 cm³/mol. The van der Waals surface area contributed by atoms with Gasteiger partial charge in [0.1, 0.15) is 12.3 Å². The van der Waals surface area contributed by atoms with Crippen LogP contribution in [0.3, 0.4) is 0 Å². The van der Waals surface area contributed by atoms with Crippen molar-refractivity contribution in [2.24, 2.45) is 0 Å². The van der Waals surface area contributed by atoms with Gasteiger partial charge in [-0.05, 0) is 30.5 Å². The summed E-state index contributed by atoms with van der Waals surface area (Å²) in [6.07, 6.45) is 5.37. The molecule has 0 fully saturated rings. The average molecular weight is 436 g/mol. The molecule has 2 heterocycles. The first-order chi connectivity index (χ1) is 14.4. The third-order valence-electron chi connectivity index (χ3n) is 5.24. The number of hydrogen-bond acceptors (Lipinski definition) is 5. The molecule has 160 valence electrons. The van der Waals surface area contributed by atoms with Crippen LogP contribution in [0.1, 0.15) is 50.6 Å². The van der Waals surface area contributed by atoms with E-state index in [1.807, 2.05) is 0 Å². The van der Waals surface area contributed by atoms with Gasteiger partial charge in [0.25, 0.3) is 0 Å². The van der Waals surface area contributed by atoms with Crippen LogP contribution in [-0.2, 0) is 11.2 Å². The first-order valence-corrected chi connectivity index (χ1v) is 10.9. The summed E-state index contributed by atoms with van der Waals surface area (Å²) in [6, 6.07) is 2.45. The summed E-state index contributed by atoms with van der Waals surface area (Å²) in [6.45, 7) is 2.08. The number of hydrogen-bond donors (Lipinski definition) is 0.